The molecule has 3 aliphatic carbocycles. The Morgan fingerprint density at radius 1 is 1.10 bits per heavy atom. The molecule has 3 aliphatic heterocycles. The number of ether oxygens (including phenoxy) is 3. The highest BCUT2D eigenvalue weighted by molar-refractivity contribution is 8.14. The minimum Gasteiger partial charge on any atom is -0.485 e. The van der Waals surface area contributed by atoms with Crippen molar-refractivity contribution in [3.8, 4) is 11.5 Å². The number of nitrogens with one attached hydrogen (secondary N) is 1. The number of rotatable bonds is 7. The van der Waals surface area contributed by atoms with E-state index >= 15 is 0 Å². The summed E-state index contributed by atoms with van der Waals surface area (Å²) in [5.74, 6) is 1.58. The van der Waals surface area contributed by atoms with Gasteiger partial charge < -0.3 is 19.3 Å². The van der Waals surface area contributed by atoms with E-state index in [4.69, 9.17) is 14.2 Å². The quantitative estimate of drug-likeness (QED) is 0.452. The Morgan fingerprint density at radius 3 is 2.64 bits per heavy atom. The molecule has 6 aliphatic rings. The van der Waals surface area contributed by atoms with Crippen LogP contribution >= 0.6 is 0 Å². The van der Waals surface area contributed by atoms with Gasteiger partial charge in [0.25, 0.3) is 10.0 Å². The molecule has 42 heavy (non-hydrogen) atoms. The first-order valence-corrected chi connectivity index (χ1v) is 17.6. The smallest absolute Gasteiger partial charge is 0.255 e. The molecule has 3 heterocycles. The number of aliphatic hydroxyl groups is 1. The van der Waals surface area contributed by atoms with Crippen molar-refractivity contribution in [3.05, 3.63) is 64.1 Å². The number of methoxy groups -OCH3 is 1. The van der Waals surface area contributed by atoms with E-state index in [2.05, 4.69) is 11.0 Å². The summed E-state index contributed by atoms with van der Waals surface area (Å²) in [6, 6.07) is 11.0. The first-order valence-electron chi connectivity index (χ1n) is 14.6. The highest BCUT2D eigenvalue weighted by Gasteiger charge is 2.73. The van der Waals surface area contributed by atoms with E-state index in [0.717, 1.165) is 36.0 Å². The summed E-state index contributed by atoms with van der Waals surface area (Å²) >= 11 is 0. The van der Waals surface area contributed by atoms with E-state index in [9.17, 15) is 21.9 Å². The zero-order valence-electron chi connectivity index (χ0n) is 23.3. The number of benzene rings is 2. The molecule has 5 atom stereocenters. The van der Waals surface area contributed by atoms with Crippen molar-refractivity contribution >= 4 is 25.0 Å². The standard InChI is InChI=1S/C30H34N2O8S2/c1-38-17-39-23-9-8-19-14-25-30(33)11-10-22(20-4-2-3-5-21(20)24-16-41(34,35)31-42(24,36)37)28-29(30,26(19)27(23)40-28)12-13-32(25)15-18-6-7-18/h2-5,8-9,16,18,22,25,28,31,33H,6-7,10-15,17H2,1H3/t22?,25-,28?,29+,30-/m1/s1. The van der Waals surface area contributed by atoms with Gasteiger partial charge in [-0.2, -0.15) is 0 Å². The molecular formula is C30H34N2O8S2. The summed E-state index contributed by atoms with van der Waals surface area (Å²) in [6.07, 6.45) is 4.47. The Morgan fingerprint density at radius 2 is 1.90 bits per heavy atom. The lowest BCUT2D eigenvalue weighted by Crippen LogP contribution is -2.76. The molecule has 12 heteroatoms. The van der Waals surface area contributed by atoms with Gasteiger partial charge in [-0.15, -0.1) is 4.13 Å². The second-order valence-electron chi connectivity index (χ2n) is 12.7. The van der Waals surface area contributed by atoms with Crippen molar-refractivity contribution in [1.29, 1.82) is 0 Å². The lowest BCUT2D eigenvalue weighted by Gasteiger charge is -2.64. The molecule has 10 nitrogen and oxygen atoms in total. The molecule has 2 bridgehead atoms. The molecule has 8 rings (SSSR count). The maximum absolute atomic E-state index is 13.0. The van der Waals surface area contributed by atoms with Crippen LogP contribution < -0.4 is 13.6 Å². The molecule has 224 valence electrons. The van der Waals surface area contributed by atoms with Crippen LogP contribution in [-0.2, 0) is 36.6 Å². The molecule has 1 saturated heterocycles. The van der Waals surface area contributed by atoms with Crippen molar-refractivity contribution in [1.82, 2.24) is 9.03 Å². The van der Waals surface area contributed by atoms with E-state index < -0.39 is 37.2 Å². The number of hydrogen-bond donors (Lipinski definition) is 2. The van der Waals surface area contributed by atoms with Gasteiger partial charge in [-0.25, -0.2) is 16.8 Å². The molecular weight excluding hydrogens is 580 g/mol. The summed E-state index contributed by atoms with van der Waals surface area (Å²) in [5.41, 5.74) is 1.42. The SMILES string of the molecule is COCOc1ccc2c3c1OC1C(c4ccccc4C4=CS(=O)(=O)NS4(=O)=O)CC[C@@]4(O)[C@@H](C2)N(CC2CC2)CC[C@]314. The predicted molar refractivity (Wildman–Crippen MR) is 154 cm³/mol. The second kappa shape index (κ2) is 9.02. The minimum atomic E-state index is -4.26. The Hall–Kier alpha value is -2.48. The number of likely N-dealkylation sites (tertiary alicyclic amines) is 1. The normalized spacial score (nSPS) is 35.3. The third-order valence-corrected chi connectivity index (χ3v) is 13.9. The maximum Gasteiger partial charge on any atom is 0.255 e. The summed E-state index contributed by atoms with van der Waals surface area (Å²) < 4.78 is 70.4. The summed E-state index contributed by atoms with van der Waals surface area (Å²) in [7, 11) is -6.82. The zero-order valence-corrected chi connectivity index (χ0v) is 24.9. The van der Waals surface area contributed by atoms with Gasteiger partial charge in [0, 0.05) is 31.2 Å². The highest BCUT2D eigenvalue weighted by atomic mass is 32.3. The first-order chi connectivity index (χ1) is 20.1. The fourth-order valence-corrected chi connectivity index (χ4v) is 12.3. The van der Waals surface area contributed by atoms with E-state index in [1.54, 1.807) is 23.4 Å². The van der Waals surface area contributed by atoms with E-state index in [1.165, 1.54) is 12.8 Å². The average Bonchev–Trinajstić information content (AvgIpc) is 3.64. The average molecular weight is 615 g/mol. The zero-order chi connectivity index (χ0) is 29.1. The predicted octanol–water partition coefficient (Wildman–Crippen LogP) is 2.58. The molecule has 2 aromatic rings. The number of piperidine rings is 1. The van der Waals surface area contributed by atoms with Crippen LogP contribution in [0.25, 0.3) is 4.91 Å². The number of sulfonamides is 2. The van der Waals surface area contributed by atoms with Crippen LogP contribution in [0.2, 0.25) is 0 Å². The van der Waals surface area contributed by atoms with E-state index in [1.807, 2.05) is 18.2 Å². The third kappa shape index (κ3) is 3.69. The Kier molecular flexibility index (Phi) is 5.82. The number of nitrogens with zero attached hydrogens (tertiary/aromatic N) is 1. The molecule has 0 amide bonds. The van der Waals surface area contributed by atoms with Crippen molar-refractivity contribution in [2.45, 2.75) is 67.6 Å². The van der Waals surface area contributed by atoms with Crippen molar-refractivity contribution < 1.29 is 36.2 Å². The van der Waals surface area contributed by atoms with Crippen LogP contribution in [0.4, 0.5) is 0 Å². The molecule has 1 spiro atoms. The highest BCUT2D eigenvalue weighted by Crippen LogP contribution is 2.68. The van der Waals surface area contributed by atoms with E-state index in [-0.39, 0.29) is 23.7 Å². The fraction of sp³-hybridized carbons (Fsp3) is 0.533. The molecule has 2 unspecified atom stereocenters. The van der Waals surface area contributed by atoms with Gasteiger partial charge in [0.15, 0.2) is 18.3 Å². The lowest BCUT2D eigenvalue weighted by atomic mass is 9.47. The largest absolute Gasteiger partial charge is 0.485 e. The van der Waals surface area contributed by atoms with Crippen molar-refractivity contribution in [2.24, 2.45) is 5.92 Å². The van der Waals surface area contributed by atoms with Gasteiger partial charge in [0.2, 0.25) is 10.0 Å². The monoisotopic (exact) mass is 614 g/mol. The third-order valence-electron chi connectivity index (χ3n) is 10.5. The van der Waals surface area contributed by atoms with Crippen LogP contribution in [0.1, 0.15) is 60.3 Å². The van der Waals surface area contributed by atoms with Crippen LogP contribution in [0.3, 0.4) is 0 Å². The van der Waals surface area contributed by atoms with Gasteiger partial charge in [-0.3, -0.25) is 4.90 Å². The summed E-state index contributed by atoms with van der Waals surface area (Å²) in [5, 5.41) is 13.7. The topological polar surface area (TPSA) is 131 Å². The summed E-state index contributed by atoms with van der Waals surface area (Å²) in [6.45, 7) is 1.88. The first kappa shape index (κ1) is 27.1. The van der Waals surface area contributed by atoms with Gasteiger partial charge in [-0.1, -0.05) is 30.3 Å². The van der Waals surface area contributed by atoms with Crippen molar-refractivity contribution in [2.75, 3.05) is 27.0 Å². The Bertz CT molecular complexity index is 1740. The lowest BCUT2D eigenvalue weighted by molar-refractivity contribution is -0.190. The van der Waals surface area contributed by atoms with Crippen LogP contribution in [0.15, 0.2) is 41.8 Å². The minimum absolute atomic E-state index is 0.0502. The van der Waals surface area contributed by atoms with Crippen LogP contribution in [-0.4, -0.2) is 71.6 Å². The molecule has 3 fully saturated rings. The summed E-state index contributed by atoms with van der Waals surface area (Å²) in [4.78, 5) is 2.23. The van der Waals surface area contributed by atoms with Gasteiger partial charge in [0.1, 0.15) is 11.0 Å². The van der Waals surface area contributed by atoms with Gasteiger partial charge in [0.05, 0.1) is 16.4 Å². The molecule has 0 radical (unpaired) electrons. The number of hydrogen-bond acceptors (Lipinski definition) is 9. The molecule has 0 aromatic heterocycles. The molecule has 2 saturated carbocycles. The molecule has 2 N–H and O–H groups in total. The van der Waals surface area contributed by atoms with Gasteiger partial charge in [-0.05, 0) is 73.7 Å². The Labute approximate surface area is 245 Å². The van der Waals surface area contributed by atoms with E-state index in [0.29, 0.717) is 47.8 Å². The van der Waals surface area contributed by atoms with Crippen molar-refractivity contribution in [3.63, 3.8) is 0 Å². The second-order valence-corrected chi connectivity index (χ2v) is 16.1. The van der Waals surface area contributed by atoms with Crippen LogP contribution in [0.5, 0.6) is 11.5 Å². The van der Waals surface area contributed by atoms with Gasteiger partial charge >= 0.3 is 0 Å². The maximum atomic E-state index is 13.0. The van der Waals surface area contributed by atoms with Crippen LogP contribution in [0, 0.1) is 5.92 Å². The fourth-order valence-electron chi connectivity index (χ4n) is 8.70. The Balaban J connectivity index is 1.29. The molecule has 2 aromatic carbocycles.